The van der Waals surface area contributed by atoms with Crippen molar-refractivity contribution in [2.45, 2.75) is 51.0 Å². The van der Waals surface area contributed by atoms with Gasteiger partial charge in [0, 0.05) is 6.04 Å². The third-order valence-electron chi connectivity index (χ3n) is 4.78. The van der Waals surface area contributed by atoms with Crippen molar-refractivity contribution in [1.82, 2.24) is 5.32 Å². The van der Waals surface area contributed by atoms with E-state index in [2.05, 4.69) is 12.4 Å². The monoisotopic (exact) mass is 285 g/mol. The Labute approximate surface area is 121 Å². The van der Waals surface area contributed by atoms with Crippen molar-refractivity contribution in [1.29, 1.82) is 0 Å². The first kappa shape index (κ1) is 15.2. The second-order valence-corrected chi connectivity index (χ2v) is 7.29. The quantitative estimate of drug-likeness (QED) is 0.550. The summed E-state index contributed by atoms with van der Waals surface area (Å²) in [7, 11) is 3.58. The van der Waals surface area contributed by atoms with Crippen LogP contribution in [-0.4, -0.2) is 37.7 Å². The van der Waals surface area contributed by atoms with Gasteiger partial charge in [0.2, 0.25) is 0 Å². The Morgan fingerprint density at radius 2 is 2.21 bits per heavy atom. The lowest BCUT2D eigenvalue weighted by Gasteiger charge is -2.19. The van der Waals surface area contributed by atoms with Gasteiger partial charge in [0.15, 0.2) is 0 Å². The molecular weight excluding hydrogens is 258 g/mol. The minimum absolute atomic E-state index is 0.0378. The average Bonchev–Trinajstić information content (AvgIpc) is 3.02. The predicted molar refractivity (Wildman–Crippen MR) is 80.4 cm³/mol. The smallest absolute Gasteiger partial charge is 0.306 e. The molecule has 2 saturated carbocycles. The van der Waals surface area contributed by atoms with Crippen molar-refractivity contribution in [2.75, 3.05) is 25.7 Å². The van der Waals surface area contributed by atoms with E-state index in [0.29, 0.717) is 6.42 Å². The van der Waals surface area contributed by atoms with Crippen LogP contribution in [0.25, 0.3) is 0 Å². The molecule has 0 spiro atoms. The van der Waals surface area contributed by atoms with Gasteiger partial charge in [-0.3, -0.25) is 4.79 Å². The SMILES string of the molecule is CNC1CCCC1CCSCC1(CC(=O)OC)CC1. The van der Waals surface area contributed by atoms with Gasteiger partial charge in [0.05, 0.1) is 13.5 Å². The molecule has 2 unspecified atom stereocenters. The number of carbonyl (C=O) groups excluding carboxylic acids is 1. The van der Waals surface area contributed by atoms with Gasteiger partial charge in [-0.25, -0.2) is 0 Å². The molecule has 3 nitrogen and oxygen atoms in total. The van der Waals surface area contributed by atoms with Gasteiger partial charge < -0.3 is 10.1 Å². The summed E-state index contributed by atoms with van der Waals surface area (Å²) in [6.45, 7) is 0. The maximum Gasteiger partial charge on any atom is 0.306 e. The molecule has 2 fully saturated rings. The van der Waals surface area contributed by atoms with Crippen molar-refractivity contribution in [2.24, 2.45) is 11.3 Å². The number of ether oxygens (including phenoxy) is 1. The fraction of sp³-hybridized carbons (Fsp3) is 0.933. The first-order valence-corrected chi connectivity index (χ1v) is 8.66. The van der Waals surface area contributed by atoms with Gasteiger partial charge in [-0.1, -0.05) is 6.42 Å². The van der Waals surface area contributed by atoms with E-state index in [-0.39, 0.29) is 11.4 Å². The summed E-state index contributed by atoms with van der Waals surface area (Å²) in [5, 5.41) is 3.45. The molecule has 0 radical (unpaired) electrons. The summed E-state index contributed by atoms with van der Waals surface area (Å²) in [4.78, 5) is 11.4. The van der Waals surface area contributed by atoms with Gasteiger partial charge in [0.1, 0.15) is 0 Å². The molecule has 0 aromatic heterocycles. The van der Waals surface area contributed by atoms with Gasteiger partial charge in [-0.15, -0.1) is 0 Å². The summed E-state index contributed by atoms with van der Waals surface area (Å²) in [5.41, 5.74) is 0.288. The maximum atomic E-state index is 11.4. The molecule has 19 heavy (non-hydrogen) atoms. The number of carbonyl (C=O) groups is 1. The van der Waals surface area contributed by atoms with Crippen LogP contribution in [0.1, 0.15) is 44.9 Å². The van der Waals surface area contributed by atoms with Crippen LogP contribution in [0.2, 0.25) is 0 Å². The summed E-state index contributed by atoms with van der Waals surface area (Å²) in [5.74, 6) is 3.21. The van der Waals surface area contributed by atoms with E-state index < -0.39 is 0 Å². The molecular formula is C15H27NO2S. The summed E-state index contributed by atoms with van der Waals surface area (Å²) in [6, 6.07) is 0.741. The molecule has 1 N–H and O–H groups in total. The van der Waals surface area contributed by atoms with E-state index in [1.54, 1.807) is 0 Å². The van der Waals surface area contributed by atoms with Crippen LogP contribution in [0.15, 0.2) is 0 Å². The molecule has 0 bridgehead atoms. The number of esters is 1. The number of thioether (sulfide) groups is 1. The zero-order valence-corrected chi connectivity index (χ0v) is 13.1. The molecule has 0 amide bonds. The van der Waals surface area contributed by atoms with E-state index in [1.165, 1.54) is 51.4 Å². The standard InChI is InChI=1S/C15H27NO2S/c1-16-13-5-3-4-12(13)6-9-19-11-15(7-8-15)10-14(17)18-2/h12-13,16H,3-11H2,1-2H3. The molecule has 0 aromatic rings. The second-order valence-electron chi connectivity index (χ2n) is 6.18. The highest BCUT2D eigenvalue weighted by atomic mass is 32.2. The lowest BCUT2D eigenvalue weighted by Crippen LogP contribution is -2.29. The number of methoxy groups -OCH3 is 1. The van der Waals surface area contributed by atoms with Crippen molar-refractivity contribution in [3.8, 4) is 0 Å². The highest BCUT2D eigenvalue weighted by Crippen LogP contribution is 2.51. The summed E-state index contributed by atoms with van der Waals surface area (Å²) in [6.07, 6.45) is 8.48. The second kappa shape index (κ2) is 6.98. The Kier molecular flexibility index (Phi) is 5.58. The summed E-state index contributed by atoms with van der Waals surface area (Å²) < 4.78 is 4.79. The zero-order valence-electron chi connectivity index (χ0n) is 12.2. The van der Waals surface area contributed by atoms with E-state index in [0.717, 1.165) is 17.7 Å². The Morgan fingerprint density at radius 3 is 2.84 bits per heavy atom. The Hall–Kier alpha value is -0.220. The minimum atomic E-state index is -0.0378. The zero-order chi connectivity index (χ0) is 13.7. The van der Waals surface area contributed by atoms with E-state index in [4.69, 9.17) is 4.74 Å². The lowest BCUT2D eigenvalue weighted by atomic mass is 10.0. The third-order valence-corrected chi connectivity index (χ3v) is 6.12. The van der Waals surface area contributed by atoms with Crippen LogP contribution in [0.3, 0.4) is 0 Å². The number of nitrogens with one attached hydrogen (secondary N) is 1. The molecule has 4 heteroatoms. The lowest BCUT2D eigenvalue weighted by molar-refractivity contribution is -0.141. The van der Waals surface area contributed by atoms with Gasteiger partial charge in [-0.05, 0) is 62.0 Å². The number of rotatable bonds is 8. The Bertz CT molecular complexity index is 305. The fourth-order valence-electron chi connectivity index (χ4n) is 3.21. The molecule has 110 valence electrons. The van der Waals surface area contributed by atoms with Gasteiger partial charge in [-0.2, -0.15) is 11.8 Å². The van der Waals surface area contributed by atoms with Crippen molar-refractivity contribution >= 4 is 17.7 Å². The normalized spacial score (nSPS) is 28.3. The van der Waals surface area contributed by atoms with Crippen LogP contribution >= 0.6 is 11.8 Å². The molecule has 2 atom stereocenters. The van der Waals surface area contributed by atoms with E-state index in [1.807, 2.05) is 11.8 Å². The van der Waals surface area contributed by atoms with Crippen LogP contribution < -0.4 is 5.32 Å². The van der Waals surface area contributed by atoms with Crippen LogP contribution in [-0.2, 0) is 9.53 Å². The van der Waals surface area contributed by atoms with E-state index >= 15 is 0 Å². The van der Waals surface area contributed by atoms with Crippen molar-refractivity contribution in [3.05, 3.63) is 0 Å². The Balaban J connectivity index is 1.60. The number of hydrogen-bond donors (Lipinski definition) is 1. The molecule has 2 aliphatic carbocycles. The fourth-order valence-corrected chi connectivity index (χ4v) is 4.65. The Morgan fingerprint density at radius 1 is 1.42 bits per heavy atom. The van der Waals surface area contributed by atoms with Gasteiger partial charge >= 0.3 is 5.97 Å². The first-order chi connectivity index (χ1) is 9.19. The van der Waals surface area contributed by atoms with Crippen LogP contribution in [0.4, 0.5) is 0 Å². The highest BCUT2D eigenvalue weighted by Gasteiger charge is 2.44. The molecule has 2 rings (SSSR count). The highest BCUT2D eigenvalue weighted by molar-refractivity contribution is 7.99. The molecule has 0 heterocycles. The minimum Gasteiger partial charge on any atom is -0.469 e. The average molecular weight is 285 g/mol. The largest absolute Gasteiger partial charge is 0.469 e. The predicted octanol–water partition coefficient (Wildman–Crippen LogP) is 2.84. The third kappa shape index (κ3) is 4.38. The van der Waals surface area contributed by atoms with Crippen molar-refractivity contribution < 1.29 is 9.53 Å². The molecule has 2 aliphatic rings. The molecule has 0 aliphatic heterocycles. The van der Waals surface area contributed by atoms with Crippen LogP contribution in [0, 0.1) is 11.3 Å². The topological polar surface area (TPSA) is 38.3 Å². The molecule has 0 saturated heterocycles. The van der Waals surface area contributed by atoms with Crippen LogP contribution in [0.5, 0.6) is 0 Å². The van der Waals surface area contributed by atoms with Gasteiger partial charge in [0.25, 0.3) is 0 Å². The summed E-state index contributed by atoms with van der Waals surface area (Å²) >= 11 is 2.04. The maximum absolute atomic E-state index is 11.4. The van der Waals surface area contributed by atoms with E-state index in [9.17, 15) is 4.79 Å². The van der Waals surface area contributed by atoms with Crippen molar-refractivity contribution in [3.63, 3.8) is 0 Å². The molecule has 0 aromatic carbocycles. The number of hydrogen-bond acceptors (Lipinski definition) is 4. The first-order valence-electron chi connectivity index (χ1n) is 7.51.